The number of benzene rings is 1. The first-order valence-corrected chi connectivity index (χ1v) is 6.46. The molecule has 2 N–H and O–H groups in total. The second kappa shape index (κ2) is 5.71. The van der Waals surface area contributed by atoms with E-state index >= 15 is 0 Å². The summed E-state index contributed by atoms with van der Waals surface area (Å²) in [4.78, 5) is 0. The molecule has 1 heterocycles. The number of hydrogen-bond acceptors (Lipinski definition) is 4. The summed E-state index contributed by atoms with van der Waals surface area (Å²) in [5, 5.41) is 12.4. The fraction of sp³-hybridized carbons (Fsp3) is 0.500. The van der Waals surface area contributed by atoms with Gasteiger partial charge in [0.1, 0.15) is 0 Å². The molecule has 0 radical (unpaired) electrons. The SMILES string of the molecule is CC[C@H](CO)NCc1cc(Br)c2c(c1)OCO2. The molecule has 1 aromatic carbocycles. The molecule has 0 unspecified atom stereocenters. The van der Waals surface area contributed by atoms with Crippen LogP contribution in [0.1, 0.15) is 18.9 Å². The molecule has 0 amide bonds. The fourth-order valence-electron chi connectivity index (χ4n) is 1.72. The lowest BCUT2D eigenvalue weighted by molar-refractivity contribution is 0.173. The molecule has 1 aromatic rings. The van der Waals surface area contributed by atoms with Crippen LogP contribution < -0.4 is 14.8 Å². The highest BCUT2D eigenvalue weighted by atomic mass is 79.9. The van der Waals surface area contributed by atoms with Crippen LogP contribution in [0.25, 0.3) is 0 Å². The lowest BCUT2D eigenvalue weighted by atomic mass is 10.1. The van der Waals surface area contributed by atoms with Crippen molar-refractivity contribution in [3.05, 3.63) is 22.2 Å². The van der Waals surface area contributed by atoms with Gasteiger partial charge in [-0.05, 0) is 40.0 Å². The molecule has 4 nitrogen and oxygen atoms in total. The van der Waals surface area contributed by atoms with Gasteiger partial charge in [0, 0.05) is 12.6 Å². The molecule has 0 aromatic heterocycles. The molecule has 17 heavy (non-hydrogen) atoms. The molecular weight excluding hydrogens is 286 g/mol. The average molecular weight is 302 g/mol. The minimum Gasteiger partial charge on any atom is -0.454 e. The largest absolute Gasteiger partial charge is 0.454 e. The zero-order chi connectivity index (χ0) is 12.3. The normalized spacial score (nSPS) is 15.0. The van der Waals surface area contributed by atoms with E-state index in [1.807, 2.05) is 19.1 Å². The van der Waals surface area contributed by atoms with E-state index in [4.69, 9.17) is 14.6 Å². The Morgan fingerprint density at radius 1 is 1.47 bits per heavy atom. The van der Waals surface area contributed by atoms with Gasteiger partial charge in [-0.15, -0.1) is 0 Å². The van der Waals surface area contributed by atoms with Crippen molar-refractivity contribution in [3.8, 4) is 11.5 Å². The lowest BCUT2D eigenvalue weighted by Crippen LogP contribution is -2.31. The zero-order valence-electron chi connectivity index (χ0n) is 9.70. The van der Waals surface area contributed by atoms with Crippen molar-refractivity contribution in [2.75, 3.05) is 13.4 Å². The molecule has 0 fully saturated rings. The number of hydrogen-bond donors (Lipinski definition) is 2. The van der Waals surface area contributed by atoms with Gasteiger partial charge in [-0.1, -0.05) is 6.92 Å². The van der Waals surface area contributed by atoms with Gasteiger partial charge in [-0.3, -0.25) is 0 Å². The number of nitrogens with one attached hydrogen (secondary N) is 1. The maximum Gasteiger partial charge on any atom is 0.231 e. The van der Waals surface area contributed by atoms with Crippen LogP contribution in [0.2, 0.25) is 0 Å². The highest BCUT2D eigenvalue weighted by Gasteiger charge is 2.18. The van der Waals surface area contributed by atoms with Crippen molar-refractivity contribution in [1.82, 2.24) is 5.32 Å². The number of halogens is 1. The Morgan fingerprint density at radius 2 is 2.29 bits per heavy atom. The topological polar surface area (TPSA) is 50.7 Å². The molecule has 0 spiro atoms. The molecule has 2 rings (SSSR count). The van der Waals surface area contributed by atoms with Crippen LogP contribution in [-0.4, -0.2) is 24.5 Å². The summed E-state index contributed by atoms with van der Waals surface area (Å²) in [5.41, 5.74) is 1.10. The van der Waals surface area contributed by atoms with Gasteiger partial charge in [0.05, 0.1) is 11.1 Å². The van der Waals surface area contributed by atoms with Crippen molar-refractivity contribution in [1.29, 1.82) is 0 Å². The predicted octanol–water partition coefficient (Wildman–Crippen LogP) is 2.04. The van der Waals surface area contributed by atoms with Crippen LogP contribution in [0.3, 0.4) is 0 Å². The Hall–Kier alpha value is -0.780. The number of aliphatic hydroxyl groups excluding tert-OH is 1. The fourth-order valence-corrected chi connectivity index (χ4v) is 2.33. The summed E-state index contributed by atoms with van der Waals surface area (Å²) < 4.78 is 11.6. The first-order valence-electron chi connectivity index (χ1n) is 5.66. The van der Waals surface area contributed by atoms with Gasteiger partial charge in [-0.2, -0.15) is 0 Å². The van der Waals surface area contributed by atoms with Crippen LogP contribution >= 0.6 is 15.9 Å². The Morgan fingerprint density at radius 3 is 3.00 bits per heavy atom. The predicted molar refractivity (Wildman–Crippen MR) is 68.3 cm³/mol. The quantitative estimate of drug-likeness (QED) is 0.874. The van der Waals surface area contributed by atoms with Crippen molar-refractivity contribution in [2.45, 2.75) is 25.9 Å². The zero-order valence-corrected chi connectivity index (χ0v) is 11.3. The van der Waals surface area contributed by atoms with Crippen molar-refractivity contribution in [3.63, 3.8) is 0 Å². The minimum atomic E-state index is 0.138. The Kier molecular flexibility index (Phi) is 4.25. The van der Waals surface area contributed by atoms with Gasteiger partial charge in [-0.25, -0.2) is 0 Å². The maximum absolute atomic E-state index is 9.10. The smallest absolute Gasteiger partial charge is 0.231 e. The molecular formula is C12H16BrNO3. The van der Waals surface area contributed by atoms with Gasteiger partial charge in [0.15, 0.2) is 11.5 Å². The number of rotatable bonds is 5. The Bertz CT molecular complexity index is 394. The van der Waals surface area contributed by atoms with E-state index < -0.39 is 0 Å². The van der Waals surface area contributed by atoms with Crippen LogP contribution in [0.4, 0.5) is 0 Å². The van der Waals surface area contributed by atoms with Crippen LogP contribution in [-0.2, 0) is 6.54 Å². The maximum atomic E-state index is 9.10. The van der Waals surface area contributed by atoms with E-state index in [1.165, 1.54) is 0 Å². The Balaban J connectivity index is 2.05. The summed E-state index contributed by atoms with van der Waals surface area (Å²) in [5.74, 6) is 1.54. The first kappa shape index (κ1) is 12.7. The summed E-state index contributed by atoms with van der Waals surface area (Å²) in [7, 11) is 0. The summed E-state index contributed by atoms with van der Waals surface area (Å²) in [6.45, 7) is 3.18. The van der Waals surface area contributed by atoms with Crippen LogP contribution in [0, 0.1) is 0 Å². The average Bonchev–Trinajstić information content (AvgIpc) is 2.79. The molecule has 0 saturated heterocycles. The molecule has 1 aliphatic heterocycles. The van der Waals surface area contributed by atoms with Crippen LogP contribution in [0.15, 0.2) is 16.6 Å². The van der Waals surface area contributed by atoms with Gasteiger partial charge < -0.3 is 19.9 Å². The minimum absolute atomic E-state index is 0.138. The molecule has 94 valence electrons. The summed E-state index contributed by atoms with van der Waals surface area (Å²) in [6, 6.07) is 4.11. The van der Waals surface area contributed by atoms with E-state index in [0.717, 1.165) is 28.0 Å². The van der Waals surface area contributed by atoms with E-state index in [0.29, 0.717) is 6.54 Å². The number of ether oxygens (including phenoxy) is 2. The lowest BCUT2D eigenvalue weighted by Gasteiger charge is -2.14. The summed E-state index contributed by atoms with van der Waals surface area (Å²) >= 11 is 3.46. The van der Waals surface area contributed by atoms with E-state index in [-0.39, 0.29) is 19.4 Å². The highest BCUT2D eigenvalue weighted by molar-refractivity contribution is 9.10. The number of fused-ring (bicyclic) bond motifs is 1. The van der Waals surface area contributed by atoms with Gasteiger partial charge in [0.2, 0.25) is 6.79 Å². The van der Waals surface area contributed by atoms with Gasteiger partial charge in [0.25, 0.3) is 0 Å². The summed E-state index contributed by atoms with van der Waals surface area (Å²) in [6.07, 6.45) is 0.905. The van der Waals surface area contributed by atoms with Crippen molar-refractivity contribution < 1.29 is 14.6 Å². The molecule has 5 heteroatoms. The first-order chi connectivity index (χ1) is 8.24. The number of aliphatic hydroxyl groups is 1. The third-order valence-electron chi connectivity index (χ3n) is 2.80. The third kappa shape index (κ3) is 2.91. The second-order valence-corrected chi connectivity index (χ2v) is 4.83. The standard InChI is InChI=1S/C12H16BrNO3/c1-2-9(6-15)14-5-8-3-10(13)12-11(4-8)16-7-17-12/h3-4,9,14-15H,2,5-7H2,1H3/t9-/m1/s1. The van der Waals surface area contributed by atoms with E-state index in [9.17, 15) is 0 Å². The Labute approximate surface area is 109 Å². The molecule has 1 atom stereocenters. The van der Waals surface area contributed by atoms with Crippen molar-refractivity contribution in [2.24, 2.45) is 0 Å². The van der Waals surface area contributed by atoms with Crippen molar-refractivity contribution >= 4 is 15.9 Å². The third-order valence-corrected chi connectivity index (χ3v) is 3.38. The van der Waals surface area contributed by atoms with E-state index in [1.54, 1.807) is 0 Å². The molecule has 0 bridgehead atoms. The second-order valence-electron chi connectivity index (χ2n) is 3.98. The molecule has 1 aliphatic rings. The highest BCUT2D eigenvalue weighted by Crippen LogP contribution is 2.39. The van der Waals surface area contributed by atoms with Gasteiger partial charge >= 0.3 is 0 Å². The monoisotopic (exact) mass is 301 g/mol. The van der Waals surface area contributed by atoms with E-state index in [2.05, 4.69) is 21.2 Å². The molecule has 0 saturated carbocycles. The molecule has 0 aliphatic carbocycles. The van der Waals surface area contributed by atoms with Crippen LogP contribution in [0.5, 0.6) is 11.5 Å².